The second-order valence-electron chi connectivity index (χ2n) is 7.43. The molecule has 2 fully saturated rings. The Labute approximate surface area is 128 Å². The number of alkyl carbamates (subject to hydrolysis) is 1. The van der Waals surface area contributed by atoms with Gasteiger partial charge in [0.05, 0.1) is 0 Å². The van der Waals surface area contributed by atoms with Gasteiger partial charge in [0.25, 0.3) is 0 Å². The lowest BCUT2D eigenvalue weighted by Gasteiger charge is -2.35. The van der Waals surface area contributed by atoms with Gasteiger partial charge in [0.2, 0.25) is 0 Å². The molecule has 0 radical (unpaired) electrons. The Bertz CT molecular complexity index is 327. The molecule has 2 aliphatic rings. The molecule has 0 aromatic carbocycles. The molecule has 0 spiro atoms. The lowest BCUT2D eigenvalue weighted by Crippen LogP contribution is -2.48. The Morgan fingerprint density at radius 2 is 2.00 bits per heavy atom. The molecule has 21 heavy (non-hydrogen) atoms. The van der Waals surface area contributed by atoms with Crippen molar-refractivity contribution in [2.45, 2.75) is 58.1 Å². The highest BCUT2D eigenvalue weighted by Crippen LogP contribution is 2.17. The summed E-state index contributed by atoms with van der Waals surface area (Å²) in [6, 6.07) is 0.264. The van der Waals surface area contributed by atoms with E-state index in [0.717, 1.165) is 38.4 Å². The number of piperidine rings is 2. The Hall–Kier alpha value is -0.810. The molecule has 0 aromatic heterocycles. The normalized spacial score (nSPS) is 25.6. The summed E-state index contributed by atoms with van der Waals surface area (Å²) in [4.78, 5) is 14.3. The lowest BCUT2D eigenvalue weighted by atomic mass is 9.97. The van der Waals surface area contributed by atoms with Gasteiger partial charge >= 0.3 is 6.09 Å². The van der Waals surface area contributed by atoms with E-state index in [4.69, 9.17) is 4.74 Å². The number of amides is 1. The van der Waals surface area contributed by atoms with E-state index in [2.05, 4.69) is 15.5 Å². The van der Waals surface area contributed by atoms with Crippen molar-refractivity contribution < 1.29 is 9.53 Å². The number of rotatable bonds is 3. The van der Waals surface area contributed by atoms with Gasteiger partial charge in [0, 0.05) is 25.7 Å². The maximum absolute atomic E-state index is 11.8. The quantitative estimate of drug-likeness (QED) is 0.836. The summed E-state index contributed by atoms with van der Waals surface area (Å²) in [5.74, 6) is 0.800. The molecular weight excluding hydrogens is 266 g/mol. The van der Waals surface area contributed by atoms with Crippen molar-refractivity contribution >= 4 is 6.09 Å². The first kappa shape index (κ1) is 16.6. The second-order valence-corrected chi connectivity index (χ2v) is 7.43. The predicted molar refractivity (Wildman–Crippen MR) is 84.4 cm³/mol. The highest BCUT2D eigenvalue weighted by molar-refractivity contribution is 5.68. The topological polar surface area (TPSA) is 53.6 Å². The fourth-order valence-electron chi connectivity index (χ4n) is 3.18. The van der Waals surface area contributed by atoms with E-state index in [1.165, 1.54) is 25.9 Å². The average molecular weight is 297 g/mol. The van der Waals surface area contributed by atoms with E-state index in [9.17, 15) is 4.79 Å². The molecule has 0 aromatic rings. The molecule has 2 N–H and O–H groups in total. The van der Waals surface area contributed by atoms with Crippen LogP contribution in [0, 0.1) is 5.92 Å². The molecule has 1 atom stereocenters. The van der Waals surface area contributed by atoms with Crippen LogP contribution in [0.1, 0.15) is 46.5 Å². The number of nitrogens with zero attached hydrogens (tertiary/aromatic N) is 1. The highest BCUT2D eigenvalue weighted by Gasteiger charge is 2.25. The van der Waals surface area contributed by atoms with Crippen molar-refractivity contribution in [1.29, 1.82) is 0 Å². The Morgan fingerprint density at radius 3 is 2.57 bits per heavy atom. The fraction of sp³-hybridized carbons (Fsp3) is 0.938. The van der Waals surface area contributed by atoms with Crippen LogP contribution in [0.25, 0.3) is 0 Å². The molecule has 122 valence electrons. The third kappa shape index (κ3) is 6.22. The Kier molecular flexibility index (Phi) is 5.88. The zero-order valence-electron chi connectivity index (χ0n) is 13.8. The van der Waals surface area contributed by atoms with Gasteiger partial charge in [0.1, 0.15) is 5.60 Å². The molecule has 0 bridgehead atoms. The molecule has 2 saturated heterocycles. The van der Waals surface area contributed by atoms with E-state index in [0.29, 0.717) is 0 Å². The summed E-state index contributed by atoms with van der Waals surface area (Å²) < 4.78 is 5.32. The molecule has 0 saturated carbocycles. The van der Waals surface area contributed by atoms with E-state index in [1.807, 2.05) is 20.8 Å². The lowest BCUT2D eigenvalue weighted by molar-refractivity contribution is 0.0474. The van der Waals surface area contributed by atoms with Gasteiger partial charge in [-0.05, 0) is 65.5 Å². The smallest absolute Gasteiger partial charge is 0.407 e. The van der Waals surface area contributed by atoms with Gasteiger partial charge in [-0.1, -0.05) is 0 Å². The summed E-state index contributed by atoms with van der Waals surface area (Å²) in [5.41, 5.74) is -0.418. The molecular formula is C16H31N3O2. The Balaban J connectivity index is 1.64. The van der Waals surface area contributed by atoms with Gasteiger partial charge in [-0.3, -0.25) is 0 Å². The van der Waals surface area contributed by atoms with Crippen molar-refractivity contribution in [3.05, 3.63) is 0 Å². The largest absolute Gasteiger partial charge is 0.444 e. The summed E-state index contributed by atoms with van der Waals surface area (Å²) in [7, 11) is 0. The van der Waals surface area contributed by atoms with Crippen LogP contribution >= 0.6 is 0 Å². The van der Waals surface area contributed by atoms with Crippen molar-refractivity contribution in [3.8, 4) is 0 Å². The maximum Gasteiger partial charge on any atom is 0.407 e. The standard InChI is InChI=1S/C16H31N3O2/c1-16(2,3)21-15(20)18-14-6-9-19(10-7-14)12-13-5-4-8-17-11-13/h13-14,17H,4-12H2,1-3H3,(H,18,20)/t13-/m1/s1. The number of hydrogen-bond donors (Lipinski definition) is 2. The summed E-state index contributed by atoms with van der Waals surface area (Å²) >= 11 is 0. The fourth-order valence-corrected chi connectivity index (χ4v) is 3.18. The summed E-state index contributed by atoms with van der Waals surface area (Å²) in [6.45, 7) is 11.4. The van der Waals surface area contributed by atoms with Crippen LogP contribution in [0.15, 0.2) is 0 Å². The molecule has 2 heterocycles. The first-order chi connectivity index (χ1) is 9.92. The van der Waals surface area contributed by atoms with E-state index in [1.54, 1.807) is 0 Å². The van der Waals surface area contributed by atoms with E-state index in [-0.39, 0.29) is 12.1 Å². The SMILES string of the molecule is CC(C)(C)OC(=O)NC1CCN(C[C@@H]2CCCNC2)CC1. The minimum atomic E-state index is -0.418. The third-order valence-electron chi connectivity index (χ3n) is 4.22. The molecule has 2 aliphatic heterocycles. The number of hydrogen-bond acceptors (Lipinski definition) is 4. The first-order valence-electron chi connectivity index (χ1n) is 8.35. The van der Waals surface area contributed by atoms with Crippen LogP contribution in [-0.4, -0.2) is 55.4 Å². The van der Waals surface area contributed by atoms with Gasteiger partial charge in [-0.2, -0.15) is 0 Å². The van der Waals surface area contributed by atoms with Gasteiger partial charge in [-0.25, -0.2) is 4.79 Å². The molecule has 0 unspecified atom stereocenters. The van der Waals surface area contributed by atoms with Crippen LogP contribution in [0.2, 0.25) is 0 Å². The molecule has 5 heteroatoms. The van der Waals surface area contributed by atoms with E-state index < -0.39 is 5.60 Å². The van der Waals surface area contributed by atoms with Crippen LogP contribution in [-0.2, 0) is 4.74 Å². The third-order valence-corrected chi connectivity index (χ3v) is 4.22. The molecule has 0 aliphatic carbocycles. The molecule has 5 nitrogen and oxygen atoms in total. The first-order valence-corrected chi connectivity index (χ1v) is 8.35. The minimum Gasteiger partial charge on any atom is -0.444 e. The number of carbonyl (C=O) groups is 1. The average Bonchev–Trinajstić information content (AvgIpc) is 2.40. The number of likely N-dealkylation sites (tertiary alicyclic amines) is 1. The van der Waals surface area contributed by atoms with Crippen LogP contribution in [0.5, 0.6) is 0 Å². The second kappa shape index (κ2) is 7.45. The van der Waals surface area contributed by atoms with E-state index >= 15 is 0 Å². The van der Waals surface area contributed by atoms with Gasteiger partial charge in [0.15, 0.2) is 0 Å². The summed E-state index contributed by atoms with van der Waals surface area (Å²) in [6.07, 6.45) is 4.43. The molecule has 2 rings (SSSR count). The van der Waals surface area contributed by atoms with Crippen LogP contribution < -0.4 is 10.6 Å². The number of carbonyl (C=O) groups excluding carboxylic acids is 1. The van der Waals surface area contributed by atoms with Crippen LogP contribution in [0.3, 0.4) is 0 Å². The Morgan fingerprint density at radius 1 is 1.29 bits per heavy atom. The molecule has 1 amide bonds. The van der Waals surface area contributed by atoms with Crippen LogP contribution in [0.4, 0.5) is 4.79 Å². The summed E-state index contributed by atoms with van der Waals surface area (Å²) in [5, 5.41) is 6.48. The zero-order valence-corrected chi connectivity index (χ0v) is 13.8. The van der Waals surface area contributed by atoms with Gasteiger partial charge < -0.3 is 20.3 Å². The zero-order chi connectivity index (χ0) is 15.3. The minimum absolute atomic E-state index is 0.264. The van der Waals surface area contributed by atoms with Crippen molar-refractivity contribution in [2.75, 3.05) is 32.7 Å². The monoisotopic (exact) mass is 297 g/mol. The van der Waals surface area contributed by atoms with Crippen molar-refractivity contribution in [3.63, 3.8) is 0 Å². The maximum atomic E-state index is 11.8. The van der Waals surface area contributed by atoms with Crippen molar-refractivity contribution in [2.24, 2.45) is 5.92 Å². The predicted octanol–water partition coefficient (Wildman–Crippen LogP) is 1.98. The van der Waals surface area contributed by atoms with Crippen molar-refractivity contribution in [1.82, 2.24) is 15.5 Å². The van der Waals surface area contributed by atoms with Gasteiger partial charge in [-0.15, -0.1) is 0 Å². The number of ether oxygens (including phenoxy) is 1. The highest BCUT2D eigenvalue weighted by atomic mass is 16.6. The number of nitrogens with one attached hydrogen (secondary N) is 2.